The first-order chi connectivity index (χ1) is 10.2. The quantitative estimate of drug-likeness (QED) is 0.880. The molecule has 5 rings (SSSR count). The van der Waals surface area contributed by atoms with Crippen LogP contribution in [0.1, 0.15) is 36.4 Å². The van der Waals surface area contributed by atoms with Crippen molar-refractivity contribution in [3.63, 3.8) is 0 Å². The van der Waals surface area contributed by atoms with E-state index in [0.29, 0.717) is 11.7 Å². The van der Waals surface area contributed by atoms with Gasteiger partial charge in [-0.3, -0.25) is 5.10 Å². The van der Waals surface area contributed by atoms with E-state index in [-0.39, 0.29) is 0 Å². The third kappa shape index (κ3) is 1.52. The van der Waals surface area contributed by atoms with Crippen molar-refractivity contribution >= 4 is 5.82 Å². The lowest BCUT2D eigenvalue weighted by Gasteiger charge is -2.10. The monoisotopic (exact) mass is 279 g/mol. The van der Waals surface area contributed by atoms with Crippen molar-refractivity contribution in [3.05, 3.63) is 35.5 Å². The molecular weight excluding hydrogens is 258 g/mol. The van der Waals surface area contributed by atoms with Crippen molar-refractivity contribution < 1.29 is 0 Å². The van der Waals surface area contributed by atoms with E-state index in [4.69, 9.17) is 5.73 Å². The van der Waals surface area contributed by atoms with Crippen LogP contribution in [0.15, 0.2) is 24.3 Å². The minimum absolute atomic E-state index is 0.658. The zero-order chi connectivity index (χ0) is 14.1. The molecule has 3 fully saturated rings. The number of aromatic amines is 1. The Morgan fingerprint density at radius 3 is 2.43 bits per heavy atom. The molecule has 2 aromatic rings. The van der Waals surface area contributed by atoms with Gasteiger partial charge >= 0.3 is 0 Å². The lowest BCUT2D eigenvalue weighted by molar-refractivity contribution is 0.456. The van der Waals surface area contributed by atoms with E-state index in [0.717, 1.165) is 29.2 Å². The number of benzene rings is 1. The molecule has 2 bridgehead atoms. The van der Waals surface area contributed by atoms with Crippen molar-refractivity contribution in [1.82, 2.24) is 10.2 Å². The SMILES string of the molecule is Cc1ccc(-c2c(N)n[nH]c2C2C3C4CCC(C4)C23)cc1. The van der Waals surface area contributed by atoms with Gasteiger partial charge in [0.25, 0.3) is 0 Å². The van der Waals surface area contributed by atoms with Crippen LogP contribution in [0.25, 0.3) is 11.1 Å². The Hall–Kier alpha value is -1.77. The molecule has 1 aromatic carbocycles. The maximum absolute atomic E-state index is 6.17. The largest absolute Gasteiger partial charge is 0.382 e. The number of hydrogen-bond donors (Lipinski definition) is 2. The molecular formula is C18H21N3. The Balaban J connectivity index is 1.56. The summed E-state index contributed by atoms with van der Waals surface area (Å²) in [5.74, 6) is 5.12. The third-order valence-corrected chi connectivity index (χ3v) is 6.23. The van der Waals surface area contributed by atoms with Crippen molar-refractivity contribution in [1.29, 1.82) is 0 Å². The second-order valence-electron chi connectivity index (χ2n) is 7.28. The summed E-state index contributed by atoms with van der Waals surface area (Å²) in [5.41, 5.74) is 11.1. The number of hydrogen-bond acceptors (Lipinski definition) is 2. The normalized spacial score (nSPS) is 36.0. The van der Waals surface area contributed by atoms with E-state index in [1.54, 1.807) is 0 Å². The van der Waals surface area contributed by atoms with E-state index in [9.17, 15) is 0 Å². The van der Waals surface area contributed by atoms with Gasteiger partial charge in [-0.15, -0.1) is 0 Å². The lowest BCUT2D eigenvalue weighted by Crippen LogP contribution is -1.99. The molecule has 3 aliphatic carbocycles. The number of aryl methyl sites for hydroxylation is 1. The minimum Gasteiger partial charge on any atom is -0.382 e. The molecule has 0 spiro atoms. The Kier molecular flexibility index (Phi) is 2.20. The average Bonchev–Trinajstić information content (AvgIpc) is 2.81. The zero-order valence-electron chi connectivity index (χ0n) is 12.3. The Morgan fingerprint density at radius 2 is 1.76 bits per heavy atom. The number of nitrogens with one attached hydrogen (secondary N) is 1. The summed E-state index contributed by atoms with van der Waals surface area (Å²) in [4.78, 5) is 0. The molecule has 0 saturated heterocycles. The van der Waals surface area contributed by atoms with Gasteiger partial charge in [-0.1, -0.05) is 29.8 Å². The van der Waals surface area contributed by atoms with E-state index in [1.165, 1.54) is 36.1 Å². The number of nitrogens with zero attached hydrogens (tertiary/aromatic N) is 1. The summed E-state index contributed by atoms with van der Waals surface area (Å²) < 4.78 is 0. The summed E-state index contributed by atoms with van der Waals surface area (Å²) in [7, 11) is 0. The van der Waals surface area contributed by atoms with Gasteiger partial charge in [0.05, 0.1) is 0 Å². The first-order valence-corrected chi connectivity index (χ1v) is 8.15. The lowest BCUT2D eigenvalue weighted by atomic mass is 9.95. The third-order valence-electron chi connectivity index (χ3n) is 6.23. The predicted molar refractivity (Wildman–Crippen MR) is 83.7 cm³/mol. The first-order valence-electron chi connectivity index (χ1n) is 8.15. The van der Waals surface area contributed by atoms with Crippen molar-refractivity contribution in [2.24, 2.45) is 23.7 Å². The number of nitrogen functional groups attached to an aromatic ring is 1. The van der Waals surface area contributed by atoms with Crippen molar-refractivity contribution in [2.75, 3.05) is 5.73 Å². The molecule has 1 aromatic heterocycles. The maximum Gasteiger partial charge on any atom is 0.153 e. The molecule has 3 saturated carbocycles. The average molecular weight is 279 g/mol. The van der Waals surface area contributed by atoms with Crippen LogP contribution in [0.5, 0.6) is 0 Å². The number of H-pyrrole nitrogens is 1. The maximum atomic E-state index is 6.17. The van der Waals surface area contributed by atoms with Gasteiger partial charge in [0.1, 0.15) is 0 Å². The summed E-state index contributed by atoms with van der Waals surface area (Å²) in [6.45, 7) is 2.12. The number of anilines is 1. The van der Waals surface area contributed by atoms with Crippen LogP contribution in [0.3, 0.4) is 0 Å². The van der Waals surface area contributed by atoms with Gasteiger partial charge in [-0.05, 0) is 55.4 Å². The van der Waals surface area contributed by atoms with Crippen LogP contribution in [0.4, 0.5) is 5.82 Å². The van der Waals surface area contributed by atoms with Gasteiger partial charge in [-0.25, -0.2) is 0 Å². The fourth-order valence-electron chi connectivity index (χ4n) is 5.35. The highest BCUT2D eigenvalue weighted by Crippen LogP contribution is 2.73. The van der Waals surface area contributed by atoms with Crippen molar-refractivity contribution in [2.45, 2.75) is 32.1 Å². The predicted octanol–water partition coefficient (Wildman–Crippen LogP) is 3.73. The highest BCUT2D eigenvalue weighted by Gasteiger charge is 2.66. The molecule has 4 atom stereocenters. The topological polar surface area (TPSA) is 54.7 Å². The van der Waals surface area contributed by atoms with Crippen LogP contribution in [0, 0.1) is 30.6 Å². The molecule has 0 amide bonds. The Labute approximate surface area is 124 Å². The summed E-state index contributed by atoms with van der Waals surface area (Å²) in [5, 5.41) is 7.60. The number of rotatable bonds is 2. The fraction of sp³-hybridized carbons (Fsp3) is 0.500. The minimum atomic E-state index is 0.658. The van der Waals surface area contributed by atoms with Crippen LogP contribution < -0.4 is 5.73 Å². The molecule has 3 heteroatoms. The molecule has 108 valence electrons. The fourth-order valence-corrected chi connectivity index (χ4v) is 5.35. The van der Waals surface area contributed by atoms with Crippen LogP contribution in [-0.2, 0) is 0 Å². The van der Waals surface area contributed by atoms with Gasteiger partial charge in [0.2, 0.25) is 0 Å². The van der Waals surface area contributed by atoms with Gasteiger partial charge in [0, 0.05) is 17.2 Å². The molecule has 0 aliphatic heterocycles. The first kappa shape index (κ1) is 11.8. The van der Waals surface area contributed by atoms with E-state index < -0.39 is 0 Å². The standard InChI is InChI=1S/C18H21N3/c1-9-2-4-10(5-3-9)15-17(20-21-18(15)19)16-13-11-6-7-12(8-11)14(13)16/h2-5,11-14,16H,6-8H2,1H3,(H3,19,20,21). The van der Waals surface area contributed by atoms with Gasteiger partial charge in [-0.2, -0.15) is 5.10 Å². The molecule has 3 N–H and O–H groups in total. The molecule has 3 aliphatic rings. The van der Waals surface area contributed by atoms with E-state index in [2.05, 4.69) is 41.4 Å². The van der Waals surface area contributed by atoms with Crippen LogP contribution in [-0.4, -0.2) is 10.2 Å². The molecule has 21 heavy (non-hydrogen) atoms. The second kappa shape index (κ2) is 3.90. The van der Waals surface area contributed by atoms with E-state index >= 15 is 0 Å². The second-order valence-corrected chi connectivity index (χ2v) is 7.28. The summed E-state index contributed by atoms with van der Waals surface area (Å²) >= 11 is 0. The highest BCUT2D eigenvalue weighted by atomic mass is 15.2. The van der Waals surface area contributed by atoms with Crippen LogP contribution >= 0.6 is 0 Å². The smallest absolute Gasteiger partial charge is 0.153 e. The van der Waals surface area contributed by atoms with Gasteiger partial charge in [0.15, 0.2) is 5.82 Å². The molecule has 0 radical (unpaired) electrons. The Morgan fingerprint density at radius 1 is 1.10 bits per heavy atom. The number of fused-ring (bicyclic) bond motifs is 5. The zero-order valence-corrected chi connectivity index (χ0v) is 12.3. The highest BCUT2D eigenvalue weighted by molar-refractivity contribution is 5.77. The summed E-state index contributed by atoms with van der Waals surface area (Å²) in [6, 6.07) is 8.66. The number of nitrogens with two attached hydrogens (primary N) is 1. The Bertz CT molecular complexity index is 684. The van der Waals surface area contributed by atoms with Crippen molar-refractivity contribution in [3.8, 4) is 11.1 Å². The molecule has 4 unspecified atom stereocenters. The number of aromatic nitrogens is 2. The molecule has 3 nitrogen and oxygen atoms in total. The van der Waals surface area contributed by atoms with Gasteiger partial charge < -0.3 is 5.73 Å². The van der Waals surface area contributed by atoms with Crippen LogP contribution in [0.2, 0.25) is 0 Å². The van der Waals surface area contributed by atoms with E-state index in [1.807, 2.05) is 0 Å². The molecule has 1 heterocycles. The summed E-state index contributed by atoms with van der Waals surface area (Å²) in [6.07, 6.45) is 4.38.